The Kier molecular flexibility index (Phi) is 11.9. The molecule has 2 bridgehead atoms. The number of benzene rings is 2. The van der Waals surface area contributed by atoms with Gasteiger partial charge in [0, 0.05) is 56.2 Å². The van der Waals surface area contributed by atoms with Crippen molar-refractivity contribution in [2.45, 2.75) is 83.9 Å². The van der Waals surface area contributed by atoms with Crippen LogP contribution in [0.4, 0.5) is 0 Å². The molecule has 2 aliphatic heterocycles. The standard InChI is InChI=1S/C48H56N6O5/c1-28(2)45(36-8-6-20-49-25-36)53-47(56)44-35-19-18-34(22-35)43(44)39-23-37(26-50-39)32-12-10-30(11-13-32)31-14-16-33(17-15-31)40-27-51-46(52-40)41-9-7-21-54(41)48(57)38(29(3)58-4)24-42(55)59-5/h6,8,10-17,20,25-29,34-35,38,41,43-45H,7,9,18-19,21-24H2,1-5H3,(H,51,52)(H,53,56)/t29-,34?,35?,38+,41+,43?,44+,45+/m1/s1. The van der Waals surface area contributed by atoms with Gasteiger partial charge in [0.05, 0.1) is 49.5 Å². The summed E-state index contributed by atoms with van der Waals surface area (Å²) in [6.45, 7) is 6.71. The lowest BCUT2D eigenvalue weighted by Gasteiger charge is -2.33. The zero-order valence-electron chi connectivity index (χ0n) is 34.8. The number of rotatable bonds is 14. The molecule has 3 fully saturated rings. The number of esters is 1. The van der Waals surface area contributed by atoms with Crippen molar-refractivity contribution in [2.75, 3.05) is 20.8 Å². The molecule has 2 aliphatic carbocycles. The summed E-state index contributed by atoms with van der Waals surface area (Å²) in [5.74, 6) is 1.04. The molecule has 308 valence electrons. The van der Waals surface area contributed by atoms with E-state index in [4.69, 9.17) is 19.5 Å². The number of likely N-dealkylation sites (tertiary alicyclic amines) is 1. The van der Waals surface area contributed by atoms with Crippen molar-refractivity contribution in [2.24, 2.45) is 40.5 Å². The largest absolute Gasteiger partial charge is 0.469 e. The minimum absolute atomic E-state index is 0.0318. The van der Waals surface area contributed by atoms with Crippen molar-refractivity contribution in [3.05, 3.63) is 102 Å². The van der Waals surface area contributed by atoms with Gasteiger partial charge in [-0.1, -0.05) is 68.4 Å². The molecule has 8 atom stereocenters. The number of hydrogen-bond acceptors (Lipinski definition) is 8. The predicted molar refractivity (Wildman–Crippen MR) is 228 cm³/mol. The number of aromatic amines is 1. The molecule has 2 aromatic heterocycles. The van der Waals surface area contributed by atoms with Crippen molar-refractivity contribution in [1.29, 1.82) is 0 Å². The third kappa shape index (κ3) is 8.26. The van der Waals surface area contributed by atoms with E-state index in [0.29, 0.717) is 18.4 Å². The maximum Gasteiger partial charge on any atom is 0.306 e. The van der Waals surface area contributed by atoms with Crippen LogP contribution < -0.4 is 5.32 Å². The zero-order valence-corrected chi connectivity index (χ0v) is 34.8. The highest BCUT2D eigenvalue weighted by molar-refractivity contribution is 6.02. The first kappa shape index (κ1) is 40.4. The van der Waals surface area contributed by atoms with Crippen molar-refractivity contribution < 1.29 is 23.9 Å². The van der Waals surface area contributed by atoms with Crippen LogP contribution in [-0.2, 0) is 23.9 Å². The molecule has 4 aliphatic rings. The van der Waals surface area contributed by atoms with E-state index in [1.807, 2.05) is 36.5 Å². The summed E-state index contributed by atoms with van der Waals surface area (Å²) in [6, 6.07) is 20.8. The molecule has 4 aromatic rings. The van der Waals surface area contributed by atoms with Gasteiger partial charge in [-0.05, 0) is 96.2 Å². The number of pyridine rings is 1. The SMILES string of the molecule is COC(=O)C[C@H](C(=O)N1CCC[C@H]1c1ncc(-c2ccc(-c3ccc(C4=CN=C(C5C6CCC(C6)[C@@H]5C(=O)N[C@H](c5cccnc5)C(C)C)C4)cc3)cc2)[nH]1)[C@@H](C)OC. The van der Waals surface area contributed by atoms with Crippen LogP contribution in [0.1, 0.15) is 94.8 Å². The minimum Gasteiger partial charge on any atom is -0.469 e. The van der Waals surface area contributed by atoms with Gasteiger partial charge in [0.1, 0.15) is 5.82 Å². The Morgan fingerprint density at radius 2 is 1.61 bits per heavy atom. The first-order valence-electron chi connectivity index (χ1n) is 21.3. The molecule has 0 radical (unpaired) electrons. The van der Waals surface area contributed by atoms with Gasteiger partial charge in [0.15, 0.2) is 0 Å². The van der Waals surface area contributed by atoms with Crippen LogP contribution >= 0.6 is 0 Å². The van der Waals surface area contributed by atoms with Crippen LogP contribution in [0.25, 0.3) is 28.0 Å². The average Bonchev–Trinajstić information content (AvgIpc) is 4.13. The molecule has 59 heavy (non-hydrogen) atoms. The number of ether oxygens (including phenoxy) is 2. The lowest BCUT2D eigenvalue weighted by Crippen LogP contribution is -2.43. The molecule has 2 N–H and O–H groups in total. The number of carbonyl (C=O) groups excluding carboxylic acids is 3. The second kappa shape index (κ2) is 17.4. The van der Waals surface area contributed by atoms with Gasteiger partial charge in [0.2, 0.25) is 11.8 Å². The van der Waals surface area contributed by atoms with Gasteiger partial charge >= 0.3 is 5.97 Å². The van der Waals surface area contributed by atoms with Crippen LogP contribution in [0.3, 0.4) is 0 Å². The van der Waals surface area contributed by atoms with Gasteiger partial charge in [-0.2, -0.15) is 0 Å². The number of imidazole rings is 1. The number of aromatic nitrogens is 3. The van der Waals surface area contributed by atoms with Crippen molar-refractivity contribution in [3.63, 3.8) is 0 Å². The smallest absolute Gasteiger partial charge is 0.306 e. The number of nitrogens with zero attached hydrogens (tertiary/aromatic N) is 4. The predicted octanol–water partition coefficient (Wildman–Crippen LogP) is 8.38. The van der Waals surface area contributed by atoms with E-state index in [0.717, 1.165) is 77.2 Å². The monoisotopic (exact) mass is 796 g/mol. The highest BCUT2D eigenvalue weighted by atomic mass is 16.5. The molecule has 11 nitrogen and oxygen atoms in total. The lowest BCUT2D eigenvalue weighted by atomic mass is 9.74. The first-order valence-corrected chi connectivity index (χ1v) is 21.3. The molecule has 0 spiro atoms. The second-order valence-electron chi connectivity index (χ2n) is 17.2. The van der Waals surface area contributed by atoms with Crippen LogP contribution in [0, 0.1) is 35.5 Å². The molecule has 8 rings (SSSR count). The fraction of sp³-hybridized carbons (Fsp3) is 0.458. The maximum atomic E-state index is 14.1. The van der Waals surface area contributed by atoms with Crippen LogP contribution in [0.5, 0.6) is 0 Å². The molecule has 2 saturated carbocycles. The highest BCUT2D eigenvalue weighted by Crippen LogP contribution is 2.54. The summed E-state index contributed by atoms with van der Waals surface area (Å²) >= 11 is 0. The number of nitrogens with one attached hydrogen (secondary N) is 2. The first-order chi connectivity index (χ1) is 28.6. The molecule has 2 aromatic carbocycles. The van der Waals surface area contributed by atoms with E-state index in [1.165, 1.54) is 19.1 Å². The summed E-state index contributed by atoms with van der Waals surface area (Å²) in [5, 5.41) is 3.44. The van der Waals surface area contributed by atoms with Gasteiger partial charge in [-0.25, -0.2) is 4.98 Å². The van der Waals surface area contributed by atoms with E-state index in [9.17, 15) is 14.4 Å². The Morgan fingerprint density at radius 3 is 2.29 bits per heavy atom. The topological polar surface area (TPSA) is 139 Å². The highest BCUT2D eigenvalue weighted by Gasteiger charge is 2.53. The Morgan fingerprint density at radius 1 is 0.898 bits per heavy atom. The maximum absolute atomic E-state index is 14.1. The Labute approximate surface area is 347 Å². The Balaban J connectivity index is 0.898. The second-order valence-corrected chi connectivity index (χ2v) is 17.2. The Hall–Kier alpha value is -5.42. The molecule has 1 saturated heterocycles. The number of carbonyl (C=O) groups is 3. The summed E-state index contributed by atoms with van der Waals surface area (Å²) in [6.07, 6.45) is 12.8. The van der Waals surface area contributed by atoms with E-state index < -0.39 is 18.0 Å². The molecule has 2 amide bonds. The molecule has 4 heterocycles. The van der Waals surface area contributed by atoms with E-state index in [1.54, 1.807) is 13.3 Å². The van der Waals surface area contributed by atoms with Crippen molar-refractivity contribution >= 4 is 29.1 Å². The minimum atomic E-state index is -0.633. The quantitative estimate of drug-likeness (QED) is 0.122. The number of methoxy groups -OCH3 is 2. The summed E-state index contributed by atoms with van der Waals surface area (Å²) in [5.41, 5.74) is 8.67. The number of H-pyrrole nitrogens is 1. The third-order valence-electron chi connectivity index (χ3n) is 13.5. The normalized spacial score (nSPS) is 23.8. The molecule has 3 unspecified atom stereocenters. The van der Waals surface area contributed by atoms with Gasteiger partial charge in [-0.15, -0.1) is 0 Å². The Bertz CT molecular complexity index is 2200. The third-order valence-corrected chi connectivity index (χ3v) is 13.5. The average molecular weight is 797 g/mol. The number of hydrogen-bond donors (Lipinski definition) is 2. The van der Waals surface area contributed by atoms with Crippen LogP contribution in [-0.4, -0.2) is 70.2 Å². The van der Waals surface area contributed by atoms with Gasteiger partial charge < -0.3 is 24.7 Å². The fourth-order valence-electron chi connectivity index (χ4n) is 10.2. The summed E-state index contributed by atoms with van der Waals surface area (Å²) in [7, 11) is 2.88. The number of allylic oxidation sites excluding steroid dienone is 1. The van der Waals surface area contributed by atoms with Crippen LogP contribution in [0.2, 0.25) is 0 Å². The summed E-state index contributed by atoms with van der Waals surface area (Å²) < 4.78 is 10.3. The zero-order chi connectivity index (χ0) is 41.2. The summed E-state index contributed by atoms with van der Waals surface area (Å²) in [4.78, 5) is 59.2. The van der Waals surface area contributed by atoms with Crippen molar-refractivity contribution in [3.8, 4) is 22.4 Å². The van der Waals surface area contributed by atoms with E-state index in [2.05, 4.69) is 83.7 Å². The van der Waals surface area contributed by atoms with Crippen molar-refractivity contribution in [1.82, 2.24) is 25.2 Å². The van der Waals surface area contributed by atoms with E-state index >= 15 is 0 Å². The van der Waals surface area contributed by atoms with Gasteiger partial charge in [0.25, 0.3) is 0 Å². The molecular weight excluding hydrogens is 741 g/mol. The number of aliphatic imine (C=N–C) groups is 1. The molecule has 11 heteroatoms. The molecular formula is C48H56N6O5. The van der Waals surface area contributed by atoms with E-state index in [-0.39, 0.29) is 48.1 Å². The van der Waals surface area contributed by atoms with Gasteiger partial charge in [-0.3, -0.25) is 24.4 Å². The lowest BCUT2D eigenvalue weighted by molar-refractivity contribution is -0.151. The number of fused-ring (bicyclic) bond motifs is 2. The number of amides is 2. The fourth-order valence-corrected chi connectivity index (χ4v) is 10.2. The van der Waals surface area contributed by atoms with Crippen LogP contribution in [0.15, 0.2) is 90.4 Å².